The van der Waals surface area contributed by atoms with Crippen molar-refractivity contribution in [3.05, 3.63) is 58.7 Å². The molecule has 1 saturated heterocycles. The Balaban J connectivity index is 1.64. The standard InChI is InChI=1S/C17H20ClN3O/c18-15-6-3-12(4-7-15)17(22)21-16-8-5-14(11-20-16)13-2-1-9-19-10-13/h3-8,11,13,17,19,22H,1-2,9-10H2,(H,20,21). The lowest BCUT2D eigenvalue weighted by molar-refractivity contribution is 0.207. The fourth-order valence-corrected chi connectivity index (χ4v) is 2.86. The normalized spacial score (nSPS) is 19.6. The van der Waals surface area contributed by atoms with E-state index in [-0.39, 0.29) is 0 Å². The molecule has 2 heterocycles. The molecule has 0 aliphatic carbocycles. The maximum absolute atomic E-state index is 10.2. The van der Waals surface area contributed by atoms with E-state index in [9.17, 15) is 5.11 Å². The van der Waals surface area contributed by atoms with Gasteiger partial charge in [-0.1, -0.05) is 29.8 Å². The molecule has 0 saturated carbocycles. The van der Waals surface area contributed by atoms with Crippen molar-refractivity contribution in [2.24, 2.45) is 0 Å². The number of piperidine rings is 1. The van der Waals surface area contributed by atoms with Gasteiger partial charge in [-0.15, -0.1) is 0 Å². The summed E-state index contributed by atoms with van der Waals surface area (Å²) in [4.78, 5) is 4.41. The fourth-order valence-electron chi connectivity index (χ4n) is 2.74. The van der Waals surface area contributed by atoms with Crippen molar-refractivity contribution in [1.29, 1.82) is 0 Å². The van der Waals surface area contributed by atoms with E-state index in [2.05, 4.69) is 21.7 Å². The van der Waals surface area contributed by atoms with Crippen molar-refractivity contribution in [2.45, 2.75) is 25.0 Å². The van der Waals surface area contributed by atoms with Crippen molar-refractivity contribution in [3.8, 4) is 0 Å². The van der Waals surface area contributed by atoms with Crippen LogP contribution in [0.25, 0.3) is 0 Å². The Bertz CT molecular complexity index is 594. The first-order valence-corrected chi connectivity index (χ1v) is 7.97. The number of hydrogen-bond donors (Lipinski definition) is 3. The Morgan fingerprint density at radius 3 is 2.68 bits per heavy atom. The van der Waals surface area contributed by atoms with Crippen LogP contribution in [0.15, 0.2) is 42.6 Å². The predicted octanol–water partition coefficient (Wildman–Crippen LogP) is 3.31. The van der Waals surface area contributed by atoms with E-state index < -0.39 is 6.23 Å². The van der Waals surface area contributed by atoms with Gasteiger partial charge in [0.15, 0.2) is 6.23 Å². The van der Waals surface area contributed by atoms with Gasteiger partial charge in [0.2, 0.25) is 0 Å². The van der Waals surface area contributed by atoms with Crippen LogP contribution in [0, 0.1) is 0 Å². The van der Waals surface area contributed by atoms with Crippen LogP contribution in [0.2, 0.25) is 5.02 Å². The topological polar surface area (TPSA) is 57.2 Å². The van der Waals surface area contributed by atoms with E-state index in [0.717, 1.165) is 18.7 Å². The number of aromatic nitrogens is 1. The Hall–Kier alpha value is -1.62. The molecule has 0 bridgehead atoms. The predicted molar refractivity (Wildman–Crippen MR) is 89.1 cm³/mol. The molecule has 1 fully saturated rings. The minimum Gasteiger partial charge on any atom is -0.369 e. The highest BCUT2D eigenvalue weighted by molar-refractivity contribution is 6.30. The van der Waals surface area contributed by atoms with Crippen LogP contribution < -0.4 is 10.6 Å². The maximum atomic E-state index is 10.2. The summed E-state index contributed by atoms with van der Waals surface area (Å²) in [6, 6.07) is 11.1. The van der Waals surface area contributed by atoms with Crippen molar-refractivity contribution in [1.82, 2.24) is 10.3 Å². The molecule has 3 rings (SSSR count). The molecule has 2 aromatic rings. The van der Waals surface area contributed by atoms with E-state index in [0.29, 0.717) is 16.8 Å². The number of halogens is 1. The number of aliphatic hydroxyl groups is 1. The van der Waals surface area contributed by atoms with Gasteiger partial charge in [0.05, 0.1) is 0 Å². The number of rotatable bonds is 4. The Morgan fingerprint density at radius 1 is 1.23 bits per heavy atom. The lowest BCUT2D eigenvalue weighted by atomic mass is 9.93. The van der Waals surface area contributed by atoms with E-state index >= 15 is 0 Å². The van der Waals surface area contributed by atoms with Crippen LogP contribution in [0.3, 0.4) is 0 Å². The van der Waals surface area contributed by atoms with E-state index in [1.165, 1.54) is 18.4 Å². The third-order valence-corrected chi connectivity index (χ3v) is 4.28. The highest BCUT2D eigenvalue weighted by atomic mass is 35.5. The smallest absolute Gasteiger partial charge is 0.151 e. The first-order valence-electron chi connectivity index (χ1n) is 7.59. The number of hydrogen-bond acceptors (Lipinski definition) is 4. The maximum Gasteiger partial charge on any atom is 0.151 e. The van der Waals surface area contributed by atoms with Gasteiger partial charge in [0.1, 0.15) is 5.82 Å². The van der Waals surface area contributed by atoms with Crippen LogP contribution in [-0.4, -0.2) is 23.2 Å². The summed E-state index contributed by atoms with van der Waals surface area (Å²) >= 11 is 5.85. The van der Waals surface area contributed by atoms with Gasteiger partial charge in [-0.3, -0.25) is 0 Å². The SMILES string of the molecule is OC(Nc1ccc(C2CCCNC2)cn1)c1ccc(Cl)cc1. The zero-order chi connectivity index (χ0) is 15.4. The molecule has 2 unspecified atom stereocenters. The summed E-state index contributed by atoms with van der Waals surface area (Å²) in [7, 11) is 0. The summed E-state index contributed by atoms with van der Waals surface area (Å²) in [5.74, 6) is 1.20. The number of pyridine rings is 1. The third-order valence-electron chi connectivity index (χ3n) is 4.02. The zero-order valence-corrected chi connectivity index (χ0v) is 13.1. The molecule has 1 aromatic heterocycles. The Morgan fingerprint density at radius 2 is 2.05 bits per heavy atom. The molecule has 0 amide bonds. The molecule has 116 valence electrons. The second-order valence-electron chi connectivity index (χ2n) is 5.62. The van der Waals surface area contributed by atoms with E-state index in [1.807, 2.05) is 12.3 Å². The molecule has 0 spiro atoms. The molecule has 3 N–H and O–H groups in total. The minimum absolute atomic E-state index is 0.538. The molecule has 5 heteroatoms. The number of aliphatic hydroxyl groups excluding tert-OH is 1. The van der Waals surface area contributed by atoms with Gasteiger partial charge >= 0.3 is 0 Å². The van der Waals surface area contributed by atoms with Gasteiger partial charge in [-0.05, 0) is 49.1 Å². The van der Waals surface area contributed by atoms with Crippen LogP contribution >= 0.6 is 11.6 Å². The summed E-state index contributed by atoms with van der Waals surface area (Å²) < 4.78 is 0. The Kier molecular flexibility index (Phi) is 4.93. The molecule has 4 nitrogen and oxygen atoms in total. The molecule has 1 aliphatic heterocycles. The quantitative estimate of drug-likeness (QED) is 0.757. The second kappa shape index (κ2) is 7.09. The monoisotopic (exact) mass is 317 g/mol. The molecule has 2 atom stereocenters. The second-order valence-corrected chi connectivity index (χ2v) is 6.05. The van der Waals surface area contributed by atoms with Crippen LogP contribution in [-0.2, 0) is 0 Å². The molecule has 1 aliphatic rings. The average Bonchev–Trinajstić information content (AvgIpc) is 2.57. The van der Waals surface area contributed by atoms with Crippen molar-refractivity contribution in [3.63, 3.8) is 0 Å². The summed E-state index contributed by atoms with van der Waals surface area (Å²) in [6.07, 6.45) is 3.51. The number of benzene rings is 1. The van der Waals surface area contributed by atoms with Gasteiger partial charge < -0.3 is 15.7 Å². The number of anilines is 1. The zero-order valence-electron chi connectivity index (χ0n) is 12.3. The fraction of sp³-hybridized carbons (Fsp3) is 0.353. The molecule has 1 aromatic carbocycles. The van der Waals surface area contributed by atoms with Crippen LogP contribution in [0.5, 0.6) is 0 Å². The van der Waals surface area contributed by atoms with E-state index in [4.69, 9.17) is 11.6 Å². The Labute approximate surface area is 135 Å². The largest absolute Gasteiger partial charge is 0.369 e. The third kappa shape index (κ3) is 3.77. The van der Waals surface area contributed by atoms with E-state index in [1.54, 1.807) is 24.3 Å². The average molecular weight is 318 g/mol. The van der Waals surface area contributed by atoms with Gasteiger partial charge in [0, 0.05) is 23.3 Å². The summed E-state index contributed by atoms with van der Waals surface area (Å²) in [5.41, 5.74) is 2.01. The van der Waals surface area contributed by atoms with Gasteiger partial charge in [-0.25, -0.2) is 4.98 Å². The highest BCUT2D eigenvalue weighted by Gasteiger charge is 2.15. The first-order chi connectivity index (χ1) is 10.7. The number of nitrogens with one attached hydrogen (secondary N) is 2. The summed E-state index contributed by atoms with van der Waals surface area (Å²) in [6.45, 7) is 2.12. The van der Waals surface area contributed by atoms with Gasteiger partial charge in [-0.2, -0.15) is 0 Å². The lowest BCUT2D eigenvalue weighted by Crippen LogP contribution is -2.28. The van der Waals surface area contributed by atoms with Crippen LogP contribution in [0.1, 0.15) is 36.1 Å². The van der Waals surface area contributed by atoms with Crippen molar-refractivity contribution < 1.29 is 5.11 Å². The molecular formula is C17H20ClN3O. The lowest BCUT2D eigenvalue weighted by Gasteiger charge is -2.23. The molecule has 0 radical (unpaired) electrons. The number of nitrogens with zero attached hydrogens (tertiary/aromatic N) is 1. The van der Waals surface area contributed by atoms with Gasteiger partial charge in [0.25, 0.3) is 0 Å². The summed E-state index contributed by atoms with van der Waals surface area (Å²) in [5, 5.41) is 17.2. The van der Waals surface area contributed by atoms with Crippen molar-refractivity contribution >= 4 is 17.4 Å². The minimum atomic E-state index is -0.799. The van der Waals surface area contributed by atoms with Crippen molar-refractivity contribution in [2.75, 3.05) is 18.4 Å². The van der Waals surface area contributed by atoms with Crippen LogP contribution in [0.4, 0.5) is 5.82 Å². The molecular weight excluding hydrogens is 298 g/mol. The molecule has 22 heavy (non-hydrogen) atoms. The highest BCUT2D eigenvalue weighted by Crippen LogP contribution is 2.24. The first kappa shape index (κ1) is 15.3.